The van der Waals surface area contributed by atoms with Crippen LogP contribution in [0.4, 0.5) is 5.69 Å². The van der Waals surface area contributed by atoms with E-state index < -0.39 is 16.2 Å². The fourth-order valence-electron chi connectivity index (χ4n) is 1.78. The van der Waals surface area contributed by atoms with Crippen LogP contribution in [-0.4, -0.2) is 37.9 Å². The number of carbonyl (C=O) groups is 1. The summed E-state index contributed by atoms with van der Waals surface area (Å²) in [7, 11) is -0.624. The van der Waals surface area contributed by atoms with Crippen LogP contribution in [0.1, 0.15) is 15.9 Å². The Labute approximate surface area is 99.3 Å². The van der Waals surface area contributed by atoms with Crippen LogP contribution in [-0.2, 0) is 16.8 Å². The lowest BCUT2D eigenvalue weighted by Crippen LogP contribution is -2.43. The van der Waals surface area contributed by atoms with Crippen molar-refractivity contribution in [3.05, 3.63) is 29.3 Å². The van der Waals surface area contributed by atoms with Gasteiger partial charge in [0.2, 0.25) is 0 Å². The molecule has 6 nitrogen and oxygen atoms in total. The van der Waals surface area contributed by atoms with Crippen LogP contribution in [0.25, 0.3) is 0 Å². The van der Waals surface area contributed by atoms with Gasteiger partial charge in [-0.3, -0.25) is 4.31 Å². The number of benzene rings is 1. The Morgan fingerprint density at radius 2 is 2.00 bits per heavy atom. The van der Waals surface area contributed by atoms with Gasteiger partial charge in [0.1, 0.15) is 0 Å². The molecule has 0 radical (unpaired) electrons. The van der Waals surface area contributed by atoms with Gasteiger partial charge in [-0.05, 0) is 17.7 Å². The van der Waals surface area contributed by atoms with Crippen molar-refractivity contribution in [1.29, 1.82) is 0 Å². The first-order valence-electron chi connectivity index (χ1n) is 4.90. The molecule has 1 heterocycles. The number of aromatic carboxylic acids is 1. The Balaban J connectivity index is 2.60. The topological polar surface area (TPSA) is 77.9 Å². The molecule has 17 heavy (non-hydrogen) atoms. The minimum atomic E-state index is -3.52. The highest BCUT2D eigenvalue weighted by Crippen LogP contribution is 2.30. The number of anilines is 1. The minimum Gasteiger partial charge on any atom is -0.478 e. The Morgan fingerprint density at radius 1 is 1.35 bits per heavy atom. The number of rotatable bonds is 1. The summed E-state index contributed by atoms with van der Waals surface area (Å²) in [5.74, 6) is -1.07. The summed E-state index contributed by atoms with van der Waals surface area (Å²) in [5, 5.41) is 8.88. The molecule has 1 aromatic rings. The summed E-state index contributed by atoms with van der Waals surface area (Å²) in [6, 6.07) is 4.49. The van der Waals surface area contributed by atoms with E-state index in [1.54, 1.807) is 6.07 Å². The molecule has 0 aliphatic carbocycles. The monoisotopic (exact) mass is 256 g/mol. The molecule has 0 unspecified atom stereocenters. The fraction of sp³-hybridized carbons (Fsp3) is 0.300. The first-order valence-corrected chi connectivity index (χ1v) is 6.30. The van der Waals surface area contributed by atoms with E-state index in [4.69, 9.17) is 5.11 Å². The summed E-state index contributed by atoms with van der Waals surface area (Å²) in [4.78, 5) is 10.8. The molecule has 0 saturated heterocycles. The molecule has 0 fully saturated rings. The zero-order valence-corrected chi connectivity index (χ0v) is 10.2. The Hall–Kier alpha value is -1.60. The Morgan fingerprint density at radius 3 is 2.59 bits per heavy atom. The van der Waals surface area contributed by atoms with Crippen LogP contribution in [0.3, 0.4) is 0 Å². The zero-order chi connectivity index (χ0) is 12.8. The fourth-order valence-corrected chi connectivity index (χ4v) is 2.92. The van der Waals surface area contributed by atoms with Gasteiger partial charge in [-0.15, -0.1) is 0 Å². The summed E-state index contributed by atoms with van der Waals surface area (Å²) in [5.41, 5.74) is 1.29. The molecular formula is C10H12N2O4S. The van der Waals surface area contributed by atoms with Gasteiger partial charge in [-0.25, -0.2) is 4.79 Å². The number of carboxylic acid groups (broad SMARTS) is 1. The number of hydrogen-bond donors (Lipinski definition) is 1. The van der Waals surface area contributed by atoms with Crippen LogP contribution in [0, 0.1) is 0 Å². The van der Waals surface area contributed by atoms with E-state index in [9.17, 15) is 13.2 Å². The highest BCUT2D eigenvalue weighted by Gasteiger charge is 2.31. The van der Waals surface area contributed by atoms with E-state index in [0.29, 0.717) is 5.69 Å². The number of carboxylic acids is 1. The predicted octanol–water partition coefficient (Wildman–Crippen LogP) is 0.511. The van der Waals surface area contributed by atoms with Gasteiger partial charge in [-0.2, -0.15) is 12.7 Å². The zero-order valence-electron chi connectivity index (χ0n) is 9.41. The van der Waals surface area contributed by atoms with Crippen molar-refractivity contribution in [3.63, 3.8) is 0 Å². The molecule has 0 saturated carbocycles. The second kappa shape index (κ2) is 3.71. The van der Waals surface area contributed by atoms with Gasteiger partial charge in [-0.1, -0.05) is 6.07 Å². The Kier molecular flexibility index (Phi) is 2.59. The Bertz CT molecular complexity index is 582. The maximum absolute atomic E-state index is 11.9. The largest absolute Gasteiger partial charge is 0.478 e. The van der Waals surface area contributed by atoms with Gasteiger partial charge < -0.3 is 5.11 Å². The van der Waals surface area contributed by atoms with Crippen LogP contribution in [0.5, 0.6) is 0 Å². The average molecular weight is 256 g/mol. The summed E-state index contributed by atoms with van der Waals surface area (Å²) < 4.78 is 26.0. The third kappa shape index (κ3) is 1.77. The van der Waals surface area contributed by atoms with Crippen molar-refractivity contribution in [3.8, 4) is 0 Å². The summed E-state index contributed by atoms with van der Waals surface area (Å²) >= 11 is 0. The van der Waals surface area contributed by atoms with E-state index in [1.807, 2.05) is 0 Å². The van der Waals surface area contributed by atoms with Crippen molar-refractivity contribution in [1.82, 2.24) is 4.31 Å². The van der Waals surface area contributed by atoms with Crippen LogP contribution in [0.2, 0.25) is 0 Å². The summed E-state index contributed by atoms with van der Waals surface area (Å²) in [6.07, 6.45) is 0. The van der Waals surface area contributed by atoms with Gasteiger partial charge >= 0.3 is 16.2 Å². The summed E-state index contributed by atoms with van der Waals surface area (Å²) in [6.45, 7) is 0.252. The smallest absolute Gasteiger partial charge is 0.335 e. The molecule has 0 bridgehead atoms. The second-order valence-electron chi connectivity index (χ2n) is 3.88. The molecule has 0 atom stereocenters. The van der Waals surface area contributed by atoms with Crippen molar-refractivity contribution < 1.29 is 18.3 Å². The molecular weight excluding hydrogens is 244 g/mol. The van der Waals surface area contributed by atoms with Gasteiger partial charge in [0.05, 0.1) is 11.3 Å². The first-order chi connectivity index (χ1) is 7.84. The predicted molar refractivity (Wildman–Crippen MR) is 62.2 cm³/mol. The molecule has 0 aromatic heterocycles. The minimum absolute atomic E-state index is 0.0790. The quantitative estimate of drug-likeness (QED) is 0.794. The lowest BCUT2D eigenvalue weighted by Gasteiger charge is -2.33. The van der Waals surface area contributed by atoms with E-state index >= 15 is 0 Å². The standard InChI is InChI=1S/C10H12N2O4S/c1-11-6-8-4-3-7(10(13)14)5-9(8)12(2)17(11,15)16/h3-5H,6H2,1-2H3,(H,13,14). The van der Waals surface area contributed by atoms with Gasteiger partial charge in [0.15, 0.2) is 0 Å². The van der Waals surface area contributed by atoms with Gasteiger partial charge in [0.25, 0.3) is 0 Å². The van der Waals surface area contributed by atoms with E-state index in [1.165, 1.54) is 30.5 Å². The maximum atomic E-state index is 11.9. The van der Waals surface area contributed by atoms with Crippen LogP contribution in [0.15, 0.2) is 18.2 Å². The van der Waals surface area contributed by atoms with Crippen molar-refractivity contribution in [2.24, 2.45) is 0 Å². The molecule has 1 N–H and O–H groups in total. The molecule has 2 rings (SSSR count). The van der Waals surface area contributed by atoms with Crippen LogP contribution >= 0.6 is 0 Å². The number of nitrogens with zero attached hydrogens (tertiary/aromatic N) is 2. The molecule has 0 spiro atoms. The lowest BCUT2D eigenvalue weighted by atomic mass is 10.1. The molecule has 1 aliphatic heterocycles. The van der Waals surface area contributed by atoms with E-state index in [2.05, 4.69) is 0 Å². The van der Waals surface area contributed by atoms with Gasteiger partial charge in [0, 0.05) is 20.6 Å². The van der Waals surface area contributed by atoms with Crippen molar-refractivity contribution >= 4 is 21.9 Å². The SMILES string of the molecule is CN1Cc2ccc(C(=O)O)cc2N(C)S1(=O)=O. The first kappa shape index (κ1) is 11.9. The van der Waals surface area contributed by atoms with E-state index in [0.717, 1.165) is 9.87 Å². The maximum Gasteiger partial charge on any atom is 0.335 e. The number of fused-ring (bicyclic) bond motifs is 1. The number of hydrogen-bond acceptors (Lipinski definition) is 3. The van der Waals surface area contributed by atoms with Crippen molar-refractivity contribution in [2.45, 2.75) is 6.54 Å². The highest BCUT2D eigenvalue weighted by atomic mass is 32.2. The van der Waals surface area contributed by atoms with Crippen LogP contribution < -0.4 is 4.31 Å². The third-order valence-corrected chi connectivity index (χ3v) is 4.61. The van der Waals surface area contributed by atoms with Crippen molar-refractivity contribution in [2.75, 3.05) is 18.4 Å². The molecule has 1 aromatic carbocycles. The third-order valence-electron chi connectivity index (χ3n) is 2.80. The molecule has 7 heteroatoms. The molecule has 0 amide bonds. The average Bonchev–Trinajstić information content (AvgIpc) is 2.26. The second-order valence-corrected chi connectivity index (χ2v) is 5.95. The molecule has 92 valence electrons. The highest BCUT2D eigenvalue weighted by molar-refractivity contribution is 7.90. The normalized spacial score (nSPS) is 18.8. The lowest BCUT2D eigenvalue weighted by molar-refractivity contribution is 0.0697. The molecule has 1 aliphatic rings. The van der Waals surface area contributed by atoms with E-state index in [-0.39, 0.29) is 12.1 Å².